The number of aliphatic hydroxyl groups is 1. The monoisotopic (exact) mass is 529 g/mol. The van der Waals surface area contributed by atoms with Crippen LogP contribution in [0, 0.1) is 18.6 Å². The van der Waals surface area contributed by atoms with E-state index in [9.17, 15) is 18.7 Å². The van der Waals surface area contributed by atoms with Crippen molar-refractivity contribution in [2.45, 2.75) is 45.4 Å². The fraction of sp³-hybridized carbons (Fsp3) is 0.286. The normalized spacial score (nSPS) is 12.7. The Morgan fingerprint density at radius 1 is 1.03 bits per heavy atom. The number of halogens is 3. The second-order valence-corrected chi connectivity index (χ2v) is 8.82. The van der Waals surface area contributed by atoms with Crippen LogP contribution in [0.5, 0.6) is 0 Å². The summed E-state index contributed by atoms with van der Waals surface area (Å²) < 4.78 is 33.2. The van der Waals surface area contributed by atoms with Gasteiger partial charge >= 0.3 is 0 Å². The van der Waals surface area contributed by atoms with Crippen LogP contribution in [0.4, 0.5) is 8.78 Å². The molecule has 4 rings (SSSR count). The topological polar surface area (TPSA) is 87.4 Å². The number of aliphatic hydroxyl groups excluding tert-OH is 1. The van der Waals surface area contributed by atoms with Crippen LogP contribution in [0.25, 0.3) is 11.1 Å². The number of benzene rings is 3. The van der Waals surface area contributed by atoms with Crippen molar-refractivity contribution in [1.82, 2.24) is 15.6 Å². The molecule has 4 aromatic rings. The van der Waals surface area contributed by atoms with Crippen LogP contribution in [0.15, 0.2) is 65.1 Å². The van der Waals surface area contributed by atoms with E-state index in [0.29, 0.717) is 29.1 Å². The second-order valence-electron chi connectivity index (χ2n) is 8.82. The van der Waals surface area contributed by atoms with Gasteiger partial charge in [0, 0.05) is 26.1 Å². The highest BCUT2D eigenvalue weighted by Crippen LogP contribution is 2.20. The van der Waals surface area contributed by atoms with E-state index >= 15 is 0 Å². The highest BCUT2D eigenvalue weighted by molar-refractivity contribution is 6.04. The van der Waals surface area contributed by atoms with Gasteiger partial charge in [-0.05, 0) is 53.8 Å². The van der Waals surface area contributed by atoms with E-state index in [1.807, 2.05) is 12.1 Å². The highest BCUT2D eigenvalue weighted by Gasteiger charge is 2.24. The number of hydrogen-bond acceptors (Lipinski definition) is 5. The Kier molecular flexibility index (Phi) is 9.74. The van der Waals surface area contributed by atoms with Crippen LogP contribution in [0.1, 0.15) is 39.9 Å². The summed E-state index contributed by atoms with van der Waals surface area (Å²) in [5.74, 6) is -1.50. The zero-order chi connectivity index (χ0) is 25.7. The summed E-state index contributed by atoms with van der Waals surface area (Å²) in [4.78, 5) is 17.4. The second kappa shape index (κ2) is 12.8. The maximum absolute atomic E-state index is 13.8. The van der Waals surface area contributed by atoms with Gasteiger partial charge in [-0.3, -0.25) is 4.79 Å². The highest BCUT2D eigenvalue weighted by atomic mass is 35.5. The predicted octanol–water partition coefficient (Wildman–Crippen LogP) is 4.89. The molecule has 2 atom stereocenters. The van der Waals surface area contributed by atoms with Gasteiger partial charge in [0.2, 0.25) is 0 Å². The quantitative estimate of drug-likeness (QED) is 0.272. The SMILES string of the molecule is CCc1cccc(CNC[C@@H](O)[C@H](Cc2cc(F)cc(F)c2)NC(=O)c2cccc3nc(C)oc23)c1.Cl. The van der Waals surface area contributed by atoms with Crippen molar-refractivity contribution in [3.05, 3.63) is 100 Å². The Bertz CT molecular complexity index is 1340. The molecule has 3 N–H and O–H groups in total. The maximum atomic E-state index is 13.8. The Labute approximate surface area is 220 Å². The van der Waals surface area contributed by atoms with Crippen molar-refractivity contribution < 1.29 is 23.1 Å². The van der Waals surface area contributed by atoms with E-state index in [2.05, 4.69) is 34.7 Å². The van der Waals surface area contributed by atoms with E-state index < -0.39 is 29.7 Å². The molecule has 0 saturated heterocycles. The molecule has 0 radical (unpaired) electrons. The van der Waals surface area contributed by atoms with E-state index in [-0.39, 0.29) is 30.9 Å². The fourth-order valence-electron chi connectivity index (χ4n) is 4.22. The van der Waals surface area contributed by atoms with Crippen LogP contribution in [0.3, 0.4) is 0 Å². The summed E-state index contributed by atoms with van der Waals surface area (Å²) in [6, 6.07) is 15.5. The number of carbonyl (C=O) groups is 1. The molecule has 196 valence electrons. The summed E-state index contributed by atoms with van der Waals surface area (Å²) in [6.07, 6.45) is -0.0861. The summed E-state index contributed by atoms with van der Waals surface area (Å²) in [5.41, 5.74) is 3.75. The van der Waals surface area contributed by atoms with Crippen molar-refractivity contribution in [3.8, 4) is 0 Å². The van der Waals surface area contributed by atoms with Gasteiger partial charge in [-0.25, -0.2) is 13.8 Å². The van der Waals surface area contributed by atoms with E-state index in [1.165, 1.54) is 17.7 Å². The van der Waals surface area contributed by atoms with Gasteiger partial charge in [-0.1, -0.05) is 37.3 Å². The van der Waals surface area contributed by atoms with Gasteiger partial charge in [0.25, 0.3) is 5.91 Å². The number of nitrogens with one attached hydrogen (secondary N) is 2. The first-order chi connectivity index (χ1) is 17.3. The Balaban J connectivity index is 0.00000380. The smallest absolute Gasteiger partial charge is 0.255 e. The number of rotatable bonds is 10. The van der Waals surface area contributed by atoms with Crippen molar-refractivity contribution in [3.63, 3.8) is 0 Å². The average molecular weight is 530 g/mol. The van der Waals surface area contributed by atoms with E-state index in [4.69, 9.17) is 4.42 Å². The van der Waals surface area contributed by atoms with Crippen LogP contribution in [0.2, 0.25) is 0 Å². The zero-order valence-electron chi connectivity index (χ0n) is 20.6. The molecule has 0 aliphatic rings. The molecule has 37 heavy (non-hydrogen) atoms. The Morgan fingerprint density at radius 3 is 2.46 bits per heavy atom. The first-order valence-electron chi connectivity index (χ1n) is 11.9. The molecule has 0 bridgehead atoms. The van der Waals surface area contributed by atoms with Crippen molar-refractivity contribution in [2.75, 3.05) is 6.54 Å². The first kappa shape index (κ1) is 28.2. The Hall–Kier alpha value is -3.33. The van der Waals surface area contributed by atoms with Crippen molar-refractivity contribution >= 4 is 29.4 Å². The van der Waals surface area contributed by atoms with Gasteiger partial charge in [0.05, 0.1) is 17.7 Å². The third-order valence-corrected chi connectivity index (χ3v) is 6.01. The van der Waals surface area contributed by atoms with Crippen LogP contribution in [-0.4, -0.2) is 34.7 Å². The molecule has 3 aromatic carbocycles. The minimum atomic E-state index is -1.04. The molecule has 0 saturated carbocycles. The van der Waals surface area contributed by atoms with Gasteiger partial charge in [0.1, 0.15) is 17.2 Å². The maximum Gasteiger partial charge on any atom is 0.255 e. The number of aryl methyl sites for hydroxylation is 2. The molecule has 0 spiro atoms. The third kappa shape index (κ3) is 7.35. The van der Waals surface area contributed by atoms with Crippen LogP contribution in [-0.2, 0) is 19.4 Å². The molecule has 0 fully saturated rings. The molecule has 1 aromatic heterocycles. The number of hydrogen-bond donors (Lipinski definition) is 3. The molecular weight excluding hydrogens is 500 g/mol. The van der Waals surface area contributed by atoms with E-state index in [1.54, 1.807) is 25.1 Å². The number of amides is 1. The molecule has 0 unspecified atom stereocenters. The van der Waals surface area contributed by atoms with Gasteiger partial charge in [-0.15, -0.1) is 12.4 Å². The van der Waals surface area contributed by atoms with Gasteiger partial charge in [-0.2, -0.15) is 0 Å². The molecule has 0 aliphatic carbocycles. The first-order valence-corrected chi connectivity index (χ1v) is 11.9. The minimum absolute atomic E-state index is 0. The minimum Gasteiger partial charge on any atom is -0.440 e. The summed E-state index contributed by atoms with van der Waals surface area (Å²) >= 11 is 0. The zero-order valence-corrected chi connectivity index (χ0v) is 21.4. The largest absolute Gasteiger partial charge is 0.440 e. The van der Waals surface area contributed by atoms with Gasteiger partial charge in [0.15, 0.2) is 11.5 Å². The van der Waals surface area contributed by atoms with Crippen molar-refractivity contribution in [2.24, 2.45) is 0 Å². The Morgan fingerprint density at radius 2 is 1.73 bits per heavy atom. The molecule has 0 aliphatic heterocycles. The standard InChI is InChI=1S/C28H29F2N3O3.ClH/c1-3-18-6-4-7-19(10-18)15-31-16-26(34)25(13-20-11-21(29)14-22(30)12-20)33-28(35)23-8-5-9-24-27(23)36-17(2)32-24;/h4-12,14,25-26,31,34H,3,13,15-16H2,1-2H3,(H,33,35);1H/t25-,26+;/m0./s1. The van der Waals surface area contributed by atoms with Crippen molar-refractivity contribution in [1.29, 1.82) is 0 Å². The molecule has 1 amide bonds. The number of nitrogens with zero attached hydrogens (tertiary/aromatic N) is 1. The summed E-state index contributed by atoms with van der Waals surface area (Å²) in [5, 5.41) is 17.0. The lowest BCUT2D eigenvalue weighted by molar-refractivity contribution is 0.0830. The summed E-state index contributed by atoms with van der Waals surface area (Å²) in [7, 11) is 0. The lowest BCUT2D eigenvalue weighted by Gasteiger charge is -2.25. The number of carbonyl (C=O) groups excluding carboxylic acids is 1. The van der Waals surface area contributed by atoms with Gasteiger partial charge < -0.3 is 20.2 Å². The lowest BCUT2D eigenvalue weighted by atomic mass is 10.00. The summed E-state index contributed by atoms with van der Waals surface area (Å²) in [6.45, 7) is 4.45. The van der Waals surface area contributed by atoms with E-state index in [0.717, 1.165) is 18.1 Å². The number of fused-ring (bicyclic) bond motifs is 1. The molecular formula is C28H30ClF2N3O3. The average Bonchev–Trinajstić information content (AvgIpc) is 3.23. The fourth-order valence-corrected chi connectivity index (χ4v) is 4.22. The molecule has 9 heteroatoms. The lowest BCUT2D eigenvalue weighted by Crippen LogP contribution is -2.48. The number of oxazole rings is 1. The number of aromatic nitrogens is 1. The molecule has 1 heterocycles. The third-order valence-electron chi connectivity index (χ3n) is 6.01. The predicted molar refractivity (Wildman–Crippen MR) is 141 cm³/mol. The number of para-hydroxylation sites is 1. The molecule has 6 nitrogen and oxygen atoms in total. The van der Waals surface area contributed by atoms with Crippen LogP contribution >= 0.6 is 12.4 Å². The van der Waals surface area contributed by atoms with Crippen LogP contribution < -0.4 is 10.6 Å².